The molecule has 2 bridgehead atoms. The van der Waals surface area contributed by atoms with E-state index in [0.29, 0.717) is 5.13 Å². The van der Waals surface area contributed by atoms with Crippen molar-refractivity contribution in [3.63, 3.8) is 0 Å². The van der Waals surface area contributed by atoms with Gasteiger partial charge in [-0.05, 0) is 41.0 Å². The Hall–Kier alpha value is -2.46. The van der Waals surface area contributed by atoms with Crippen LogP contribution in [0.3, 0.4) is 0 Å². The average Bonchev–Trinajstić information content (AvgIpc) is 3.17. The lowest BCUT2D eigenvalue weighted by Gasteiger charge is -2.50. The normalized spacial score (nSPS) is 24.7. The number of hydrogen-bond donors (Lipinski definition) is 1. The summed E-state index contributed by atoms with van der Waals surface area (Å²) in [7, 11) is 0. The van der Waals surface area contributed by atoms with Crippen molar-refractivity contribution in [1.82, 2.24) is 4.98 Å². The van der Waals surface area contributed by atoms with Crippen molar-refractivity contribution in [2.24, 2.45) is 5.41 Å². The van der Waals surface area contributed by atoms with Crippen molar-refractivity contribution >= 4 is 22.4 Å². The van der Waals surface area contributed by atoms with E-state index in [0.717, 1.165) is 6.42 Å². The molecule has 148 valence electrons. The van der Waals surface area contributed by atoms with Gasteiger partial charge < -0.3 is 5.32 Å². The van der Waals surface area contributed by atoms with Crippen LogP contribution in [-0.4, -0.2) is 10.9 Å². The molecule has 2 aromatic carbocycles. The van der Waals surface area contributed by atoms with Crippen LogP contribution >= 0.6 is 11.3 Å². The third-order valence-electron chi connectivity index (χ3n) is 6.61. The predicted octanol–water partition coefficient (Wildman–Crippen LogP) is 6.07. The molecule has 0 saturated heterocycles. The van der Waals surface area contributed by atoms with Gasteiger partial charge in [0.15, 0.2) is 5.13 Å². The Morgan fingerprint density at radius 1 is 1.03 bits per heavy atom. The van der Waals surface area contributed by atoms with Crippen LogP contribution in [0.15, 0.2) is 54.7 Å². The van der Waals surface area contributed by atoms with Gasteiger partial charge in [0.05, 0.1) is 5.41 Å². The van der Waals surface area contributed by atoms with Crippen LogP contribution in [0.1, 0.15) is 73.1 Å². The number of rotatable bonds is 2. The molecule has 4 heteroatoms. The molecule has 1 atom stereocenters. The first-order valence-corrected chi connectivity index (χ1v) is 11.1. The fraction of sp³-hybridized carbons (Fsp3) is 0.360. The van der Waals surface area contributed by atoms with Crippen molar-refractivity contribution < 1.29 is 4.79 Å². The van der Waals surface area contributed by atoms with Crippen molar-refractivity contribution in [3.05, 3.63) is 81.9 Å². The van der Waals surface area contributed by atoms with E-state index < -0.39 is 5.41 Å². The molecule has 1 amide bonds. The Morgan fingerprint density at radius 3 is 2.10 bits per heavy atom. The summed E-state index contributed by atoms with van der Waals surface area (Å²) in [6.45, 7) is 8.63. The summed E-state index contributed by atoms with van der Waals surface area (Å²) >= 11 is 1.58. The number of aromatic nitrogens is 1. The maximum atomic E-state index is 13.6. The minimum atomic E-state index is -0.499. The van der Waals surface area contributed by atoms with Gasteiger partial charge in [-0.3, -0.25) is 4.79 Å². The lowest BCUT2D eigenvalue weighted by atomic mass is 9.52. The second-order valence-corrected chi connectivity index (χ2v) is 10.6. The number of thiazole rings is 1. The molecular formula is C25H26N2OS. The highest BCUT2D eigenvalue weighted by Crippen LogP contribution is 2.61. The molecule has 6 rings (SSSR count). The van der Waals surface area contributed by atoms with Crippen molar-refractivity contribution in [2.75, 3.05) is 5.32 Å². The Kier molecular flexibility index (Phi) is 4.01. The summed E-state index contributed by atoms with van der Waals surface area (Å²) in [5, 5.41) is 3.86. The molecule has 1 N–H and O–H groups in total. The third-order valence-corrected chi connectivity index (χ3v) is 7.95. The number of anilines is 1. The zero-order chi connectivity index (χ0) is 20.4. The maximum Gasteiger partial charge on any atom is 0.233 e. The molecule has 29 heavy (non-hydrogen) atoms. The Bertz CT molecular complexity index is 1060. The molecule has 1 aromatic heterocycles. The summed E-state index contributed by atoms with van der Waals surface area (Å²) in [5.74, 6) is 0.415. The number of carbonyl (C=O) groups excluding carboxylic acids is 1. The monoisotopic (exact) mass is 402 g/mol. The van der Waals surface area contributed by atoms with E-state index in [1.807, 2.05) is 6.20 Å². The topological polar surface area (TPSA) is 42.0 Å². The molecule has 0 radical (unpaired) electrons. The van der Waals surface area contributed by atoms with Gasteiger partial charge in [-0.2, -0.15) is 0 Å². The van der Waals surface area contributed by atoms with Crippen LogP contribution in [0.5, 0.6) is 0 Å². The maximum absolute atomic E-state index is 13.6. The quantitative estimate of drug-likeness (QED) is 0.565. The number of amides is 1. The van der Waals surface area contributed by atoms with Gasteiger partial charge in [0.1, 0.15) is 0 Å². The van der Waals surface area contributed by atoms with E-state index >= 15 is 0 Å². The first-order valence-electron chi connectivity index (χ1n) is 10.2. The molecular weight excluding hydrogens is 376 g/mol. The lowest BCUT2D eigenvalue weighted by Crippen LogP contribution is -2.47. The predicted molar refractivity (Wildman–Crippen MR) is 119 cm³/mol. The van der Waals surface area contributed by atoms with E-state index in [9.17, 15) is 4.79 Å². The molecule has 0 saturated carbocycles. The van der Waals surface area contributed by atoms with Gasteiger partial charge in [-0.1, -0.05) is 69.3 Å². The molecule has 1 heterocycles. The van der Waals surface area contributed by atoms with Gasteiger partial charge in [0.2, 0.25) is 5.91 Å². The molecule has 1 unspecified atom stereocenters. The number of nitrogens with zero attached hydrogens (tertiary/aromatic N) is 1. The fourth-order valence-corrected chi connectivity index (χ4v) is 5.98. The largest absolute Gasteiger partial charge is 0.301 e. The van der Waals surface area contributed by atoms with Crippen LogP contribution in [0.25, 0.3) is 0 Å². The highest BCUT2D eigenvalue weighted by Gasteiger charge is 2.53. The fourth-order valence-electron chi connectivity index (χ4n) is 5.11. The Morgan fingerprint density at radius 2 is 1.59 bits per heavy atom. The highest BCUT2D eigenvalue weighted by atomic mass is 32.1. The lowest BCUT2D eigenvalue weighted by molar-refractivity contribution is -0.126. The smallest absolute Gasteiger partial charge is 0.233 e. The molecule has 0 fully saturated rings. The Labute approximate surface area is 176 Å². The van der Waals surface area contributed by atoms with Crippen LogP contribution in [0.4, 0.5) is 5.13 Å². The minimum Gasteiger partial charge on any atom is -0.301 e. The van der Waals surface area contributed by atoms with E-state index in [1.54, 1.807) is 11.3 Å². The highest BCUT2D eigenvalue weighted by molar-refractivity contribution is 7.15. The van der Waals surface area contributed by atoms with Gasteiger partial charge in [-0.15, -0.1) is 11.3 Å². The molecule has 3 nitrogen and oxygen atoms in total. The zero-order valence-corrected chi connectivity index (χ0v) is 18.1. The van der Waals surface area contributed by atoms with Crippen LogP contribution in [0.2, 0.25) is 0 Å². The first kappa shape index (κ1) is 18.6. The van der Waals surface area contributed by atoms with Gasteiger partial charge in [0, 0.05) is 22.9 Å². The van der Waals surface area contributed by atoms with E-state index in [1.165, 1.54) is 27.1 Å². The van der Waals surface area contributed by atoms with E-state index in [-0.39, 0.29) is 23.2 Å². The molecule has 3 aliphatic carbocycles. The number of fused-ring (bicyclic) bond motifs is 1. The van der Waals surface area contributed by atoms with Crippen LogP contribution in [0, 0.1) is 5.41 Å². The van der Waals surface area contributed by atoms with Crippen molar-refractivity contribution in [3.8, 4) is 0 Å². The number of carbonyl (C=O) groups is 1. The molecule has 0 spiro atoms. The van der Waals surface area contributed by atoms with Crippen LogP contribution in [-0.2, 0) is 10.2 Å². The average molecular weight is 403 g/mol. The summed E-state index contributed by atoms with van der Waals surface area (Å²) in [6, 6.07) is 17.3. The van der Waals surface area contributed by atoms with Crippen LogP contribution < -0.4 is 5.32 Å². The second kappa shape index (κ2) is 6.27. The summed E-state index contributed by atoms with van der Waals surface area (Å²) in [6.07, 6.45) is 2.72. The molecule has 3 aliphatic rings. The molecule has 3 aromatic rings. The third kappa shape index (κ3) is 2.77. The van der Waals surface area contributed by atoms with E-state index in [2.05, 4.69) is 86.5 Å². The summed E-state index contributed by atoms with van der Waals surface area (Å²) in [4.78, 5) is 19.3. The molecule has 0 aliphatic heterocycles. The zero-order valence-electron chi connectivity index (χ0n) is 17.3. The minimum absolute atomic E-state index is 0.0341. The van der Waals surface area contributed by atoms with E-state index in [4.69, 9.17) is 0 Å². The standard InChI is InChI=1S/C25H26N2OS/c1-24(2,3)20-14-26-23(29-20)27-22(28)25(4)13-19-15-9-5-7-11-17(15)21(25)18-12-8-6-10-16(18)19/h5-12,14,19,21H,13H2,1-4H3,(H,26,27,28). The second-order valence-electron chi connectivity index (χ2n) is 9.60. The van der Waals surface area contributed by atoms with Gasteiger partial charge >= 0.3 is 0 Å². The number of hydrogen-bond acceptors (Lipinski definition) is 3. The summed E-state index contributed by atoms with van der Waals surface area (Å²) < 4.78 is 0. The first-order chi connectivity index (χ1) is 13.8. The van der Waals surface area contributed by atoms with Crippen molar-refractivity contribution in [2.45, 2.75) is 51.4 Å². The summed E-state index contributed by atoms with van der Waals surface area (Å²) in [5.41, 5.74) is 4.90. The number of benzene rings is 2. The number of nitrogens with one attached hydrogen (secondary N) is 1. The SMILES string of the molecule is CC(C)(C)c1cnc(NC(=O)C2(C)CC3c4ccccc4C2c2ccccc23)s1. The van der Waals surface area contributed by atoms with Gasteiger partial charge in [-0.25, -0.2) is 4.98 Å². The van der Waals surface area contributed by atoms with Gasteiger partial charge in [0.25, 0.3) is 0 Å². The Balaban J connectivity index is 1.54. The van der Waals surface area contributed by atoms with Crippen molar-refractivity contribution in [1.29, 1.82) is 0 Å².